The molecule has 0 saturated carbocycles. The highest BCUT2D eigenvalue weighted by atomic mass is 16.4. The molecule has 0 radical (unpaired) electrons. The van der Waals surface area contributed by atoms with Gasteiger partial charge in [0.05, 0.1) is 5.41 Å². The van der Waals surface area contributed by atoms with Gasteiger partial charge in [0.1, 0.15) is 0 Å². The van der Waals surface area contributed by atoms with E-state index in [1.807, 2.05) is 13.8 Å². The monoisotopic (exact) mass is 319 g/mol. The molecule has 2 aliphatic rings. The second kappa shape index (κ2) is 6.08. The van der Waals surface area contributed by atoms with Crippen LogP contribution in [0.25, 0.3) is 0 Å². The standard InChI is InChI=1S/C20H33NO2/c1-12-14(3)20(7,18(22)23)17(15-8-10-21-11-9-15)13(2)16(12)19(4,5)6/h15,17,21H,8-11H2,1-7H3,(H,22,23). The summed E-state index contributed by atoms with van der Waals surface area (Å²) in [6.07, 6.45) is 2.13. The van der Waals surface area contributed by atoms with Crippen LogP contribution in [0.15, 0.2) is 22.3 Å². The van der Waals surface area contributed by atoms with Crippen molar-refractivity contribution in [2.75, 3.05) is 13.1 Å². The van der Waals surface area contributed by atoms with E-state index in [2.05, 4.69) is 39.9 Å². The molecule has 1 fully saturated rings. The summed E-state index contributed by atoms with van der Waals surface area (Å²) in [4.78, 5) is 12.3. The van der Waals surface area contributed by atoms with Crippen LogP contribution in [0.4, 0.5) is 0 Å². The first-order chi connectivity index (χ1) is 10.5. The number of hydrogen-bond donors (Lipinski definition) is 2. The SMILES string of the molecule is CC1=C(C)C(C)(C(=O)O)C(C2CCNCC2)C(C)=C1C(C)(C)C. The van der Waals surface area contributed by atoms with Crippen LogP contribution >= 0.6 is 0 Å². The molecular formula is C20H33NO2. The van der Waals surface area contributed by atoms with Crippen LogP contribution in [0.5, 0.6) is 0 Å². The van der Waals surface area contributed by atoms with Crippen molar-refractivity contribution in [2.24, 2.45) is 22.7 Å². The van der Waals surface area contributed by atoms with E-state index in [1.54, 1.807) is 0 Å². The maximum atomic E-state index is 12.3. The predicted molar refractivity (Wildman–Crippen MR) is 95.4 cm³/mol. The summed E-state index contributed by atoms with van der Waals surface area (Å²) >= 11 is 0. The Morgan fingerprint density at radius 2 is 1.70 bits per heavy atom. The Bertz CT molecular complexity index is 559. The van der Waals surface area contributed by atoms with Gasteiger partial charge in [0.25, 0.3) is 0 Å². The zero-order chi connectivity index (χ0) is 17.6. The molecule has 0 aromatic heterocycles. The molecule has 0 spiro atoms. The van der Waals surface area contributed by atoms with Crippen molar-refractivity contribution in [1.29, 1.82) is 0 Å². The number of aliphatic carboxylic acids is 1. The van der Waals surface area contributed by atoms with Crippen molar-refractivity contribution >= 4 is 5.97 Å². The second-order valence-corrected chi connectivity index (χ2v) is 8.63. The maximum absolute atomic E-state index is 12.3. The topological polar surface area (TPSA) is 49.3 Å². The fourth-order valence-corrected chi connectivity index (χ4v) is 5.14. The lowest BCUT2D eigenvalue weighted by molar-refractivity contribution is -0.149. The molecule has 3 heteroatoms. The highest BCUT2D eigenvalue weighted by molar-refractivity contribution is 5.81. The summed E-state index contributed by atoms with van der Waals surface area (Å²) < 4.78 is 0. The molecule has 0 bridgehead atoms. The number of carboxylic acids is 1. The van der Waals surface area contributed by atoms with Crippen molar-refractivity contribution in [3.05, 3.63) is 22.3 Å². The van der Waals surface area contributed by atoms with Gasteiger partial charge in [-0.25, -0.2) is 0 Å². The number of allylic oxidation sites excluding steroid dienone is 3. The largest absolute Gasteiger partial charge is 0.481 e. The average molecular weight is 319 g/mol. The van der Waals surface area contributed by atoms with Crippen LogP contribution in [0.1, 0.15) is 61.3 Å². The third-order valence-electron chi connectivity index (χ3n) is 6.25. The van der Waals surface area contributed by atoms with Crippen molar-refractivity contribution in [3.63, 3.8) is 0 Å². The summed E-state index contributed by atoms with van der Waals surface area (Å²) in [7, 11) is 0. The third kappa shape index (κ3) is 2.88. The molecule has 2 atom stereocenters. The first-order valence-corrected chi connectivity index (χ1v) is 8.86. The number of rotatable bonds is 2. The molecule has 1 heterocycles. The van der Waals surface area contributed by atoms with E-state index in [9.17, 15) is 9.90 Å². The number of piperidine rings is 1. The summed E-state index contributed by atoms with van der Waals surface area (Å²) in [5.41, 5.74) is 4.16. The van der Waals surface area contributed by atoms with Gasteiger partial charge in [-0.15, -0.1) is 0 Å². The fraction of sp³-hybridized carbons (Fsp3) is 0.750. The summed E-state index contributed by atoms with van der Waals surface area (Å²) in [6.45, 7) is 17.0. The van der Waals surface area contributed by atoms with Gasteiger partial charge >= 0.3 is 5.97 Å². The average Bonchev–Trinajstić information content (AvgIpc) is 2.44. The van der Waals surface area contributed by atoms with Crippen LogP contribution in [0.2, 0.25) is 0 Å². The maximum Gasteiger partial charge on any atom is 0.314 e. The van der Waals surface area contributed by atoms with Crippen LogP contribution in [-0.4, -0.2) is 24.2 Å². The van der Waals surface area contributed by atoms with Crippen molar-refractivity contribution in [2.45, 2.75) is 61.3 Å². The molecule has 2 unspecified atom stereocenters. The Hall–Kier alpha value is -1.09. The Balaban J connectivity index is 2.66. The smallest absolute Gasteiger partial charge is 0.314 e. The van der Waals surface area contributed by atoms with Gasteiger partial charge in [0.15, 0.2) is 0 Å². The first-order valence-electron chi connectivity index (χ1n) is 8.86. The number of hydrogen-bond acceptors (Lipinski definition) is 2. The lowest BCUT2D eigenvalue weighted by Crippen LogP contribution is -2.47. The lowest BCUT2D eigenvalue weighted by Gasteiger charge is -2.48. The van der Waals surface area contributed by atoms with Gasteiger partial charge in [-0.3, -0.25) is 4.79 Å². The third-order valence-corrected chi connectivity index (χ3v) is 6.25. The molecule has 0 amide bonds. The van der Waals surface area contributed by atoms with Gasteiger partial charge in [-0.1, -0.05) is 31.9 Å². The molecule has 3 nitrogen and oxygen atoms in total. The van der Waals surface area contributed by atoms with Crippen LogP contribution in [0.3, 0.4) is 0 Å². The van der Waals surface area contributed by atoms with Gasteiger partial charge in [0.2, 0.25) is 0 Å². The van der Waals surface area contributed by atoms with Crippen LogP contribution in [-0.2, 0) is 4.79 Å². The molecule has 23 heavy (non-hydrogen) atoms. The van der Waals surface area contributed by atoms with E-state index in [4.69, 9.17) is 0 Å². The summed E-state index contributed by atoms with van der Waals surface area (Å²) in [5.74, 6) is -0.136. The molecule has 0 aromatic rings. The normalized spacial score (nSPS) is 30.8. The molecule has 1 saturated heterocycles. The van der Waals surface area contributed by atoms with Gasteiger partial charge < -0.3 is 10.4 Å². The quantitative estimate of drug-likeness (QED) is 0.793. The minimum atomic E-state index is -0.787. The van der Waals surface area contributed by atoms with Crippen LogP contribution < -0.4 is 5.32 Å². The van der Waals surface area contributed by atoms with E-state index in [-0.39, 0.29) is 11.3 Å². The van der Waals surface area contributed by atoms with E-state index >= 15 is 0 Å². The first kappa shape index (κ1) is 18.3. The zero-order valence-electron chi connectivity index (χ0n) is 15.8. The minimum Gasteiger partial charge on any atom is -0.481 e. The summed E-state index contributed by atoms with van der Waals surface area (Å²) in [5, 5.41) is 13.5. The minimum absolute atomic E-state index is 0.0421. The Morgan fingerprint density at radius 1 is 1.17 bits per heavy atom. The van der Waals surface area contributed by atoms with E-state index in [0.717, 1.165) is 31.5 Å². The molecule has 1 aliphatic carbocycles. The molecule has 2 rings (SSSR count). The van der Waals surface area contributed by atoms with Gasteiger partial charge in [-0.05, 0) is 76.1 Å². The van der Waals surface area contributed by atoms with Crippen molar-refractivity contribution < 1.29 is 9.90 Å². The Morgan fingerprint density at radius 3 is 2.13 bits per heavy atom. The lowest BCUT2D eigenvalue weighted by atomic mass is 9.55. The number of carboxylic acid groups (broad SMARTS) is 1. The highest BCUT2D eigenvalue weighted by Crippen LogP contribution is 2.55. The molecule has 2 N–H and O–H groups in total. The number of nitrogens with one attached hydrogen (secondary N) is 1. The van der Waals surface area contributed by atoms with Gasteiger partial charge in [-0.2, -0.15) is 0 Å². The molecule has 1 aliphatic heterocycles. The molecular weight excluding hydrogens is 286 g/mol. The zero-order valence-corrected chi connectivity index (χ0v) is 15.8. The predicted octanol–water partition coefficient (Wildman–Crippen LogP) is 4.41. The van der Waals surface area contributed by atoms with E-state index < -0.39 is 11.4 Å². The van der Waals surface area contributed by atoms with E-state index in [1.165, 1.54) is 16.7 Å². The van der Waals surface area contributed by atoms with Crippen molar-refractivity contribution in [1.82, 2.24) is 5.32 Å². The fourth-order valence-electron chi connectivity index (χ4n) is 5.14. The van der Waals surface area contributed by atoms with Crippen LogP contribution in [0, 0.1) is 22.7 Å². The Kier molecular flexibility index (Phi) is 4.83. The van der Waals surface area contributed by atoms with E-state index in [0.29, 0.717) is 5.92 Å². The summed E-state index contributed by atoms with van der Waals surface area (Å²) in [6, 6.07) is 0. The van der Waals surface area contributed by atoms with Crippen molar-refractivity contribution in [3.8, 4) is 0 Å². The second-order valence-electron chi connectivity index (χ2n) is 8.63. The Labute approximate surface area is 141 Å². The molecule has 0 aromatic carbocycles. The molecule has 130 valence electrons. The van der Waals surface area contributed by atoms with Gasteiger partial charge in [0, 0.05) is 5.92 Å². The number of carbonyl (C=O) groups is 1. The highest BCUT2D eigenvalue weighted by Gasteiger charge is 2.51.